The minimum atomic E-state index is -0.639. The van der Waals surface area contributed by atoms with Crippen LogP contribution < -0.4 is 11.1 Å². The van der Waals surface area contributed by atoms with Crippen molar-refractivity contribution in [3.05, 3.63) is 69.7 Å². The van der Waals surface area contributed by atoms with Gasteiger partial charge >= 0.3 is 6.03 Å². The van der Waals surface area contributed by atoms with Crippen LogP contribution in [0.4, 0.5) is 4.79 Å². The number of halogens is 1. The van der Waals surface area contributed by atoms with Gasteiger partial charge in [0.25, 0.3) is 0 Å². The molecule has 0 fully saturated rings. The maximum Gasteiger partial charge on any atom is 0.312 e. The van der Waals surface area contributed by atoms with E-state index >= 15 is 0 Å². The molecule has 3 rings (SSSR count). The fourth-order valence-corrected chi connectivity index (χ4v) is 3.81. The van der Waals surface area contributed by atoms with Crippen LogP contribution in [0.5, 0.6) is 0 Å². The number of benzene rings is 2. The lowest BCUT2D eigenvalue weighted by Gasteiger charge is -2.28. The summed E-state index contributed by atoms with van der Waals surface area (Å²) >= 11 is 3.39. The van der Waals surface area contributed by atoms with Gasteiger partial charge in [-0.2, -0.15) is 0 Å². The fourth-order valence-electron chi connectivity index (χ4n) is 3.55. The second-order valence-corrected chi connectivity index (χ2v) is 7.49. The van der Waals surface area contributed by atoms with Crippen LogP contribution in [0.25, 0.3) is 0 Å². The third-order valence-corrected chi connectivity index (χ3v) is 5.46. The standard InChI is InChI=1S/C20H22BrN3O2/c1-24(18-11-8-13-4-2-3-5-16(13)18)19(25)12-17(23-20(22)26)14-6-9-15(21)10-7-14/h2-7,9-10,17-18H,8,11-12H2,1H3,(H3,22,23,26). The summed E-state index contributed by atoms with van der Waals surface area (Å²) in [6.45, 7) is 0. The molecule has 3 amide bonds. The van der Waals surface area contributed by atoms with Crippen molar-refractivity contribution in [2.75, 3.05) is 7.05 Å². The Bertz CT molecular complexity index is 807. The second kappa shape index (κ2) is 7.91. The van der Waals surface area contributed by atoms with Crippen LogP contribution in [-0.2, 0) is 11.2 Å². The highest BCUT2D eigenvalue weighted by atomic mass is 79.9. The molecule has 5 nitrogen and oxygen atoms in total. The monoisotopic (exact) mass is 415 g/mol. The first-order chi connectivity index (χ1) is 12.5. The number of carbonyl (C=O) groups is 2. The van der Waals surface area contributed by atoms with Gasteiger partial charge in [-0.05, 0) is 41.7 Å². The highest BCUT2D eigenvalue weighted by Crippen LogP contribution is 2.35. The molecule has 26 heavy (non-hydrogen) atoms. The Hall–Kier alpha value is -2.34. The van der Waals surface area contributed by atoms with Crippen LogP contribution in [-0.4, -0.2) is 23.9 Å². The lowest BCUT2D eigenvalue weighted by atomic mass is 10.0. The first kappa shape index (κ1) is 18.5. The van der Waals surface area contributed by atoms with Crippen LogP contribution >= 0.6 is 15.9 Å². The van der Waals surface area contributed by atoms with E-state index in [9.17, 15) is 9.59 Å². The molecule has 0 aromatic heterocycles. The van der Waals surface area contributed by atoms with E-state index in [1.54, 1.807) is 4.90 Å². The number of fused-ring (bicyclic) bond motifs is 1. The molecule has 136 valence electrons. The summed E-state index contributed by atoms with van der Waals surface area (Å²) in [5, 5.41) is 2.69. The van der Waals surface area contributed by atoms with Gasteiger partial charge in [0.1, 0.15) is 0 Å². The Morgan fingerprint density at radius 2 is 1.92 bits per heavy atom. The molecule has 0 radical (unpaired) electrons. The van der Waals surface area contributed by atoms with Crippen LogP contribution in [0.15, 0.2) is 53.0 Å². The minimum Gasteiger partial charge on any atom is -0.352 e. The molecule has 2 aromatic carbocycles. The zero-order valence-electron chi connectivity index (χ0n) is 14.6. The Morgan fingerprint density at radius 1 is 1.23 bits per heavy atom. The minimum absolute atomic E-state index is 0.0200. The summed E-state index contributed by atoms with van der Waals surface area (Å²) in [6.07, 6.45) is 2.07. The van der Waals surface area contributed by atoms with Gasteiger partial charge in [-0.3, -0.25) is 4.79 Å². The first-order valence-corrected chi connectivity index (χ1v) is 9.40. The maximum absolute atomic E-state index is 12.9. The zero-order valence-corrected chi connectivity index (χ0v) is 16.2. The van der Waals surface area contributed by atoms with Crippen molar-refractivity contribution in [1.82, 2.24) is 10.2 Å². The topological polar surface area (TPSA) is 75.4 Å². The van der Waals surface area contributed by atoms with Crippen molar-refractivity contribution in [2.45, 2.75) is 31.3 Å². The lowest BCUT2D eigenvalue weighted by Crippen LogP contribution is -2.38. The molecule has 2 aromatic rings. The maximum atomic E-state index is 12.9. The molecule has 0 saturated heterocycles. The van der Waals surface area contributed by atoms with Crippen LogP contribution in [0, 0.1) is 0 Å². The van der Waals surface area contributed by atoms with E-state index in [-0.39, 0.29) is 18.4 Å². The Balaban J connectivity index is 1.75. The molecule has 2 unspecified atom stereocenters. The predicted octanol–water partition coefficient (Wildman–Crippen LogP) is 3.69. The molecule has 0 heterocycles. The van der Waals surface area contributed by atoms with Gasteiger partial charge in [0, 0.05) is 11.5 Å². The van der Waals surface area contributed by atoms with E-state index in [1.807, 2.05) is 43.4 Å². The van der Waals surface area contributed by atoms with Crippen molar-refractivity contribution in [3.8, 4) is 0 Å². The number of aryl methyl sites for hydroxylation is 1. The number of hydrogen-bond acceptors (Lipinski definition) is 2. The number of hydrogen-bond donors (Lipinski definition) is 2. The summed E-state index contributed by atoms with van der Waals surface area (Å²) in [5.74, 6) is -0.0200. The largest absolute Gasteiger partial charge is 0.352 e. The molecule has 1 aliphatic carbocycles. The third-order valence-electron chi connectivity index (χ3n) is 4.93. The van der Waals surface area contributed by atoms with E-state index in [4.69, 9.17) is 5.73 Å². The van der Waals surface area contributed by atoms with Crippen molar-refractivity contribution >= 4 is 27.9 Å². The normalized spacial score (nSPS) is 16.6. The van der Waals surface area contributed by atoms with Gasteiger partial charge in [0.15, 0.2) is 0 Å². The van der Waals surface area contributed by atoms with Crippen LogP contribution in [0.3, 0.4) is 0 Å². The van der Waals surface area contributed by atoms with Gasteiger partial charge in [-0.15, -0.1) is 0 Å². The summed E-state index contributed by atoms with van der Waals surface area (Å²) in [5.41, 5.74) is 8.68. The smallest absolute Gasteiger partial charge is 0.312 e. The van der Waals surface area contributed by atoms with Gasteiger partial charge in [-0.1, -0.05) is 52.3 Å². The first-order valence-electron chi connectivity index (χ1n) is 8.60. The molecule has 0 aliphatic heterocycles. The molecular weight excluding hydrogens is 394 g/mol. The summed E-state index contributed by atoms with van der Waals surface area (Å²) < 4.78 is 0.935. The quantitative estimate of drug-likeness (QED) is 0.780. The summed E-state index contributed by atoms with van der Waals surface area (Å²) in [6, 6.07) is 14.8. The number of rotatable bonds is 5. The van der Waals surface area contributed by atoms with E-state index in [2.05, 4.69) is 33.4 Å². The lowest BCUT2D eigenvalue weighted by molar-refractivity contribution is -0.132. The molecule has 0 saturated carbocycles. The number of nitrogens with one attached hydrogen (secondary N) is 1. The van der Waals surface area contributed by atoms with Crippen molar-refractivity contribution in [3.63, 3.8) is 0 Å². The Morgan fingerprint density at radius 3 is 2.62 bits per heavy atom. The van der Waals surface area contributed by atoms with Crippen molar-refractivity contribution in [2.24, 2.45) is 5.73 Å². The van der Waals surface area contributed by atoms with E-state index in [0.29, 0.717) is 0 Å². The molecule has 0 bridgehead atoms. The van der Waals surface area contributed by atoms with E-state index < -0.39 is 12.1 Å². The highest BCUT2D eigenvalue weighted by molar-refractivity contribution is 9.10. The third kappa shape index (κ3) is 4.07. The van der Waals surface area contributed by atoms with Crippen molar-refractivity contribution in [1.29, 1.82) is 0 Å². The van der Waals surface area contributed by atoms with Gasteiger partial charge in [0.05, 0.1) is 18.5 Å². The molecule has 3 N–H and O–H groups in total. The van der Waals surface area contributed by atoms with Gasteiger partial charge < -0.3 is 16.0 Å². The predicted molar refractivity (Wildman–Crippen MR) is 104 cm³/mol. The van der Waals surface area contributed by atoms with Crippen molar-refractivity contribution < 1.29 is 9.59 Å². The van der Waals surface area contributed by atoms with Crippen LogP contribution in [0.2, 0.25) is 0 Å². The second-order valence-electron chi connectivity index (χ2n) is 6.57. The van der Waals surface area contributed by atoms with Gasteiger partial charge in [0.2, 0.25) is 5.91 Å². The van der Waals surface area contributed by atoms with E-state index in [0.717, 1.165) is 22.9 Å². The molecule has 0 spiro atoms. The van der Waals surface area contributed by atoms with Crippen LogP contribution in [0.1, 0.15) is 41.6 Å². The molecular formula is C20H22BrN3O2. The number of primary amides is 1. The zero-order chi connectivity index (χ0) is 18.7. The number of nitrogens with zero attached hydrogens (tertiary/aromatic N) is 1. The molecule has 2 atom stereocenters. The number of amides is 3. The van der Waals surface area contributed by atoms with E-state index in [1.165, 1.54) is 11.1 Å². The average Bonchev–Trinajstić information content (AvgIpc) is 3.04. The number of urea groups is 1. The highest BCUT2D eigenvalue weighted by Gasteiger charge is 2.29. The molecule has 6 heteroatoms. The van der Waals surface area contributed by atoms with Gasteiger partial charge in [-0.25, -0.2) is 4.79 Å². The molecule has 1 aliphatic rings. The fraction of sp³-hybridized carbons (Fsp3) is 0.300. The number of nitrogens with two attached hydrogens (primary N) is 1. The number of carbonyl (C=O) groups excluding carboxylic acids is 2. The Kier molecular flexibility index (Phi) is 5.61. The Labute approximate surface area is 161 Å². The average molecular weight is 416 g/mol. The summed E-state index contributed by atoms with van der Waals surface area (Å²) in [4.78, 5) is 26.1. The SMILES string of the molecule is CN(C(=O)CC(NC(N)=O)c1ccc(Br)cc1)C1CCc2ccccc21. The summed E-state index contributed by atoms with van der Waals surface area (Å²) in [7, 11) is 1.83.